The first kappa shape index (κ1) is 21.9. The van der Waals surface area contributed by atoms with Crippen molar-refractivity contribution in [2.75, 3.05) is 11.9 Å². The van der Waals surface area contributed by atoms with Crippen molar-refractivity contribution in [3.63, 3.8) is 0 Å². The number of fused-ring (bicyclic) bond motifs is 1. The number of carbonyl (C=O) groups excluding carboxylic acids is 2. The van der Waals surface area contributed by atoms with Gasteiger partial charge in [-0.25, -0.2) is 13.6 Å². The molecule has 3 aromatic rings. The van der Waals surface area contributed by atoms with E-state index in [0.29, 0.717) is 17.2 Å². The molecule has 0 unspecified atom stereocenters. The molecule has 0 aliphatic heterocycles. The molecule has 2 aromatic carbocycles. The van der Waals surface area contributed by atoms with E-state index in [0.717, 1.165) is 16.7 Å². The van der Waals surface area contributed by atoms with Crippen LogP contribution >= 0.6 is 0 Å². The van der Waals surface area contributed by atoms with Crippen LogP contribution in [0.2, 0.25) is 0 Å². The van der Waals surface area contributed by atoms with E-state index < -0.39 is 35.2 Å². The lowest BCUT2D eigenvalue weighted by Crippen LogP contribution is -2.28. The zero-order chi connectivity index (χ0) is 22.5. The number of pyridine rings is 1. The maximum absolute atomic E-state index is 13.7. The van der Waals surface area contributed by atoms with Gasteiger partial charge in [-0.05, 0) is 44.2 Å². The third kappa shape index (κ3) is 5.06. The Bertz CT molecular complexity index is 1190. The first-order valence-corrected chi connectivity index (χ1v) is 9.50. The largest absolute Gasteiger partial charge is 0.478 e. The van der Waals surface area contributed by atoms with Crippen LogP contribution in [0.5, 0.6) is 5.75 Å². The number of ether oxygens (including phenoxy) is 2. The van der Waals surface area contributed by atoms with E-state index in [1.807, 2.05) is 0 Å². The Morgan fingerprint density at radius 3 is 2.61 bits per heavy atom. The molecule has 0 saturated heterocycles. The summed E-state index contributed by atoms with van der Waals surface area (Å²) < 4.78 is 38.4. The normalized spacial score (nSPS) is 11.7. The highest BCUT2D eigenvalue weighted by atomic mass is 19.1. The van der Waals surface area contributed by atoms with Crippen LogP contribution in [0.3, 0.4) is 0 Å². The fourth-order valence-electron chi connectivity index (χ4n) is 2.95. The van der Waals surface area contributed by atoms with Crippen LogP contribution in [0.15, 0.2) is 53.5 Å². The summed E-state index contributed by atoms with van der Waals surface area (Å²) in [5.74, 6) is -2.55. The fourth-order valence-corrected chi connectivity index (χ4v) is 2.95. The first-order valence-electron chi connectivity index (χ1n) is 9.50. The lowest BCUT2D eigenvalue weighted by atomic mass is 10.1. The third-order valence-corrected chi connectivity index (χ3v) is 4.42. The van der Waals surface area contributed by atoms with Gasteiger partial charge in [-0.3, -0.25) is 9.59 Å². The Morgan fingerprint density at radius 1 is 1.13 bits per heavy atom. The van der Waals surface area contributed by atoms with Gasteiger partial charge in [0.25, 0.3) is 5.56 Å². The van der Waals surface area contributed by atoms with Gasteiger partial charge >= 0.3 is 5.97 Å². The molecule has 0 aliphatic carbocycles. The number of rotatable bonds is 7. The SMILES string of the molecule is CCOC(=O)[C@@H](C)Oc1cccc2c(=O)n(CC(=O)Nc3ccc(F)cc3F)ccc12. The molecule has 0 aliphatic rings. The van der Waals surface area contributed by atoms with Gasteiger partial charge in [-0.2, -0.15) is 0 Å². The van der Waals surface area contributed by atoms with Crippen LogP contribution in [-0.4, -0.2) is 29.2 Å². The molecule has 0 spiro atoms. The van der Waals surface area contributed by atoms with Crippen molar-refractivity contribution in [1.29, 1.82) is 0 Å². The van der Waals surface area contributed by atoms with E-state index in [9.17, 15) is 23.2 Å². The molecular formula is C22H20F2N2O5. The number of anilines is 1. The highest BCUT2D eigenvalue weighted by Crippen LogP contribution is 2.24. The van der Waals surface area contributed by atoms with Crippen LogP contribution < -0.4 is 15.6 Å². The predicted molar refractivity (Wildman–Crippen MR) is 110 cm³/mol. The van der Waals surface area contributed by atoms with E-state index in [2.05, 4.69) is 5.32 Å². The van der Waals surface area contributed by atoms with Crippen LogP contribution in [-0.2, 0) is 20.9 Å². The minimum atomic E-state index is -0.920. The van der Waals surface area contributed by atoms with Gasteiger partial charge in [0.05, 0.1) is 17.7 Å². The first-order chi connectivity index (χ1) is 14.8. The van der Waals surface area contributed by atoms with Gasteiger partial charge in [0, 0.05) is 17.6 Å². The molecule has 162 valence electrons. The summed E-state index contributed by atoms with van der Waals surface area (Å²) >= 11 is 0. The molecule has 0 saturated carbocycles. The van der Waals surface area contributed by atoms with Crippen LogP contribution in [0.25, 0.3) is 10.8 Å². The van der Waals surface area contributed by atoms with Crippen molar-refractivity contribution >= 4 is 28.3 Å². The summed E-state index contributed by atoms with van der Waals surface area (Å²) in [4.78, 5) is 36.9. The van der Waals surface area contributed by atoms with Gasteiger partial charge in [-0.1, -0.05) is 6.07 Å². The molecule has 1 amide bonds. The van der Waals surface area contributed by atoms with Crippen molar-refractivity contribution in [2.24, 2.45) is 0 Å². The number of amides is 1. The van der Waals surface area contributed by atoms with E-state index >= 15 is 0 Å². The molecule has 7 nitrogen and oxygen atoms in total. The number of benzene rings is 2. The van der Waals surface area contributed by atoms with Crippen molar-refractivity contribution < 1.29 is 27.8 Å². The minimum Gasteiger partial charge on any atom is -0.478 e. The van der Waals surface area contributed by atoms with Crippen LogP contribution in [0, 0.1) is 11.6 Å². The van der Waals surface area contributed by atoms with Gasteiger partial charge in [-0.15, -0.1) is 0 Å². The van der Waals surface area contributed by atoms with Gasteiger partial charge in [0.1, 0.15) is 23.9 Å². The summed E-state index contributed by atoms with van der Waals surface area (Å²) in [6.07, 6.45) is 0.525. The average molecular weight is 430 g/mol. The minimum absolute atomic E-state index is 0.191. The molecule has 9 heteroatoms. The number of carbonyl (C=O) groups is 2. The summed E-state index contributed by atoms with van der Waals surface area (Å²) in [6.45, 7) is 3.06. The van der Waals surface area contributed by atoms with Gasteiger partial charge in [0.15, 0.2) is 6.10 Å². The highest BCUT2D eigenvalue weighted by molar-refractivity contribution is 5.91. The average Bonchev–Trinajstić information content (AvgIpc) is 2.72. The Hall–Kier alpha value is -3.75. The Morgan fingerprint density at radius 2 is 1.90 bits per heavy atom. The zero-order valence-electron chi connectivity index (χ0n) is 16.9. The van der Waals surface area contributed by atoms with E-state index in [1.54, 1.807) is 31.2 Å². The predicted octanol–water partition coefficient (Wildman–Crippen LogP) is 3.25. The maximum Gasteiger partial charge on any atom is 0.347 e. The molecule has 31 heavy (non-hydrogen) atoms. The molecule has 1 N–H and O–H groups in total. The Kier molecular flexibility index (Phi) is 6.64. The maximum atomic E-state index is 13.7. The third-order valence-electron chi connectivity index (χ3n) is 4.42. The van der Waals surface area contributed by atoms with Crippen LogP contribution in [0.1, 0.15) is 13.8 Å². The summed E-state index contributed by atoms with van der Waals surface area (Å²) in [5, 5.41) is 3.04. The monoisotopic (exact) mass is 430 g/mol. The van der Waals surface area contributed by atoms with Crippen LogP contribution in [0.4, 0.5) is 14.5 Å². The highest BCUT2D eigenvalue weighted by Gasteiger charge is 2.18. The second-order valence-electron chi connectivity index (χ2n) is 6.65. The summed E-state index contributed by atoms with van der Waals surface area (Å²) in [5.41, 5.74) is -0.662. The second-order valence-corrected chi connectivity index (χ2v) is 6.65. The van der Waals surface area contributed by atoms with Gasteiger partial charge in [0.2, 0.25) is 5.91 Å². The van der Waals surface area contributed by atoms with Crippen molar-refractivity contribution in [2.45, 2.75) is 26.5 Å². The Balaban J connectivity index is 1.82. The number of esters is 1. The molecule has 1 atom stereocenters. The number of hydrogen-bond donors (Lipinski definition) is 1. The van der Waals surface area contributed by atoms with E-state index in [1.165, 1.54) is 13.1 Å². The molecule has 0 radical (unpaired) electrons. The lowest BCUT2D eigenvalue weighted by molar-refractivity contribution is -0.150. The quantitative estimate of drug-likeness (QED) is 0.582. The Labute approximate surface area is 176 Å². The molecule has 0 fully saturated rings. The van der Waals surface area contributed by atoms with Crippen molar-refractivity contribution in [3.05, 3.63) is 70.6 Å². The summed E-state index contributed by atoms with van der Waals surface area (Å²) in [6, 6.07) is 9.11. The fraction of sp³-hybridized carbons (Fsp3) is 0.227. The molecule has 0 bridgehead atoms. The molecular weight excluding hydrogens is 410 g/mol. The molecule has 1 aromatic heterocycles. The van der Waals surface area contributed by atoms with E-state index in [-0.39, 0.29) is 24.2 Å². The number of aromatic nitrogens is 1. The standard InChI is InChI=1S/C22H20F2N2O5/c1-3-30-22(29)13(2)31-19-6-4-5-16-15(19)9-10-26(21(16)28)12-20(27)25-18-8-7-14(23)11-17(18)24/h4-11,13H,3,12H2,1-2H3,(H,25,27)/t13-/m1/s1. The topological polar surface area (TPSA) is 86.6 Å². The van der Waals surface area contributed by atoms with E-state index in [4.69, 9.17) is 9.47 Å². The van der Waals surface area contributed by atoms with Crippen molar-refractivity contribution in [1.82, 2.24) is 4.57 Å². The number of nitrogens with zero attached hydrogens (tertiary/aromatic N) is 1. The molecule has 1 heterocycles. The molecule has 3 rings (SSSR count). The van der Waals surface area contributed by atoms with Gasteiger partial charge < -0.3 is 19.4 Å². The number of halogens is 2. The smallest absolute Gasteiger partial charge is 0.347 e. The summed E-state index contributed by atoms with van der Waals surface area (Å²) in [7, 11) is 0. The zero-order valence-corrected chi connectivity index (χ0v) is 16.9. The van der Waals surface area contributed by atoms with Crippen molar-refractivity contribution in [3.8, 4) is 5.75 Å². The second kappa shape index (κ2) is 9.38. The number of nitrogens with one attached hydrogen (secondary N) is 1. The number of hydrogen-bond acceptors (Lipinski definition) is 5. The lowest BCUT2D eigenvalue weighted by Gasteiger charge is -2.15.